The smallest absolute Gasteiger partial charge is 0.371 e. The summed E-state index contributed by atoms with van der Waals surface area (Å²) < 4.78 is 9.77. The molecule has 1 aromatic heterocycles. The van der Waals surface area contributed by atoms with Crippen LogP contribution in [0.25, 0.3) is 16.5 Å². The van der Waals surface area contributed by atoms with Crippen molar-refractivity contribution in [2.45, 2.75) is 13.2 Å². The van der Waals surface area contributed by atoms with E-state index >= 15 is 0 Å². The highest BCUT2D eigenvalue weighted by atomic mass is 16.6. The molecular formula is C10H11N3O5. The molecule has 0 spiro atoms. The summed E-state index contributed by atoms with van der Waals surface area (Å²) in [4.78, 5) is 13.1. The average Bonchev–Trinajstić information content (AvgIpc) is 2.77. The van der Waals surface area contributed by atoms with Crippen LogP contribution in [0.5, 0.6) is 0 Å². The van der Waals surface area contributed by atoms with Crippen molar-refractivity contribution in [3.05, 3.63) is 39.8 Å². The molecule has 96 valence electrons. The lowest BCUT2D eigenvalue weighted by Gasteiger charge is -2.09. The second-order valence-corrected chi connectivity index (χ2v) is 3.07. The van der Waals surface area contributed by atoms with Gasteiger partial charge in [0.1, 0.15) is 5.76 Å². The van der Waals surface area contributed by atoms with Crippen LogP contribution in [-0.4, -0.2) is 29.1 Å². The summed E-state index contributed by atoms with van der Waals surface area (Å²) in [5.74, 6) is -1.34. The van der Waals surface area contributed by atoms with E-state index in [4.69, 9.17) is 19.8 Å². The Morgan fingerprint density at radius 1 is 1.72 bits per heavy atom. The number of hydrogen-bond acceptors (Lipinski definition) is 5. The van der Waals surface area contributed by atoms with E-state index in [0.717, 1.165) is 0 Å². The average molecular weight is 253 g/mol. The molecule has 1 aromatic rings. The van der Waals surface area contributed by atoms with Crippen LogP contribution in [0.1, 0.15) is 23.2 Å². The Bertz CT molecular complexity index is 501. The summed E-state index contributed by atoms with van der Waals surface area (Å²) in [6.45, 7) is 1.88. The summed E-state index contributed by atoms with van der Waals surface area (Å²) in [6, 6.07) is 2.62. The van der Waals surface area contributed by atoms with Crippen LogP contribution in [0.3, 0.4) is 0 Å². The second kappa shape index (κ2) is 6.45. The van der Waals surface area contributed by atoms with Crippen LogP contribution in [-0.2, 0) is 4.74 Å². The standard InChI is InChI=1S/C10H11N3O5/c1-2-17-10(16)7(12-13-11)5-6-3-4-8(18-6)9(14)15/h3-5,10,16H,2H2,1H3,(H,14,15)/b7-5-. The largest absolute Gasteiger partial charge is 0.475 e. The molecule has 0 radical (unpaired) electrons. The monoisotopic (exact) mass is 253 g/mol. The quantitative estimate of drug-likeness (QED) is 0.346. The maximum atomic E-state index is 10.6. The molecule has 0 aromatic carbocycles. The molecule has 1 unspecified atom stereocenters. The molecule has 8 nitrogen and oxygen atoms in total. The van der Waals surface area contributed by atoms with Gasteiger partial charge in [0.15, 0.2) is 6.29 Å². The van der Waals surface area contributed by atoms with Crippen molar-refractivity contribution < 1.29 is 24.2 Å². The topological polar surface area (TPSA) is 129 Å². The molecule has 0 aliphatic rings. The van der Waals surface area contributed by atoms with Crippen molar-refractivity contribution in [3.8, 4) is 0 Å². The van der Waals surface area contributed by atoms with E-state index in [9.17, 15) is 9.90 Å². The lowest BCUT2D eigenvalue weighted by Crippen LogP contribution is -2.13. The summed E-state index contributed by atoms with van der Waals surface area (Å²) in [5, 5.41) is 21.4. The van der Waals surface area contributed by atoms with E-state index in [1.807, 2.05) is 0 Å². The predicted octanol–water partition coefficient (Wildman–Crippen LogP) is 1.98. The zero-order chi connectivity index (χ0) is 13.5. The minimum absolute atomic E-state index is 0.120. The van der Waals surface area contributed by atoms with Gasteiger partial charge in [-0.2, -0.15) is 0 Å². The number of carboxylic acids is 1. The second-order valence-electron chi connectivity index (χ2n) is 3.07. The van der Waals surface area contributed by atoms with Crippen LogP contribution in [0.4, 0.5) is 0 Å². The minimum Gasteiger partial charge on any atom is -0.475 e. The van der Waals surface area contributed by atoms with Crippen molar-refractivity contribution in [2.75, 3.05) is 6.61 Å². The molecule has 18 heavy (non-hydrogen) atoms. The summed E-state index contributed by atoms with van der Waals surface area (Å²) in [7, 11) is 0. The number of aliphatic hydroxyl groups is 1. The number of azide groups is 1. The number of furan rings is 1. The lowest BCUT2D eigenvalue weighted by molar-refractivity contribution is -0.0671. The maximum Gasteiger partial charge on any atom is 0.371 e. The first kappa shape index (κ1) is 13.8. The molecule has 2 N–H and O–H groups in total. The molecular weight excluding hydrogens is 242 g/mol. The Morgan fingerprint density at radius 2 is 2.44 bits per heavy atom. The zero-order valence-electron chi connectivity index (χ0n) is 9.48. The molecule has 0 aliphatic heterocycles. The van der Waals surface area contributed by atoms with Gasteiger partial charge in [-0.1, -0.05) is 5.11 Å². The van der Waals surface area contributed by atoms with E-state index in [0.29, 0.717) is 0 Å². The number of nitrogens with zero attached hydrogens (tertiary/aromatic N) is 3. The van der Waals surface area contributed by atoms with Crippen LogP contribution < -0.4 is 0 Å². The highest BCUT2D eigenvalue weighted by Gasteiger charge is 2.12. The first-order valence-electron chi connectivity index (χ1n) is 4.98. The molecule has 1 rings (SSSR count). The third-order valence-electron chi connectivity index (χ3n) is 1.87. The highest BCUT2D eigenvalue weighted by molar-refractivity contribution is 5.84. The van der Waals surface area contributed by atoms with Gasteiger partial charge in [0.25, 0.3) is 0 Å². The van der Waals surface area contributed by atoms with E-state index in [1.54, 1.807) is 6.92 Å². The predicted molar refractivity (Wildman–Crippen MR) is 60.4 cm³/mol. The molecule has 0 aliphatic carbocycles. The normalized spacial score (nSPS) is 12.9. The van der Waals surface area contributed by atoms with Crippen molar-refractivity contribution in [1.29, 1.82) is 0 Å². The minimum atomic E-state index is -1.40. The summed E-state index contributed by atoms with van der Waals surface area (Å²) in [5.41, 5.74) is 8.23. The van der Waals surface area contributed by atoms with E-state index in [2.05, 4.69) is 10.0 Å². The van der Waals surface area contributed by atoms with Crippen molar-refractivity contribution in [3.63, 3.8) is 0 Å². The highest BCUT2D eigenvalue weighted by Crippen LogP contribution is 2.15. The molecule has 0 saturated carbocycles. The van der Waals surface area contributed by atoms with Gasteiger partial charge in [-0.15, -0.1) is 0 Å². The zero-order valence-corrected chi connectivity index (χ0v) is 9.48. The van der Waals surface area contributed by atoms with Gasteiger partial charge in [0, 0.05) is 11.5 Å². The Labute approximate surface area is 102 Å². The third kappa shape index (κ3) is 3.63. The number of hydrogen-bond donors (Lipinski definition) is 2. The van der Waals surface area contributed by atoms with Crippen LogP contribution in [0.2, 0.25) is 0 Å². The Hall–Kier alpha value is -2.28. The number of rotatable bonds is 6. The van der Waals surface area contributed by atoms with Crippen molar-refractivity contribution in [1.82, 2.24) is 0 Å². The first-order valence-corrected chi connectivity index (χ1v) is 4.98. The van der Waals surface area contributed by atoms with Crippen molar-refractivity contribution in [2.24, 2.45) is 5.11 Å². The van der Waals surface area contributed by atoms with Gasteiger partial charge in [-0.25, -0.2) is 4.79 Å². The van der Waals surface area contributed by atoms with Gasteiger partial charge in [-0.3, -0.25) is 0 Å². The lowest BCUT2D eigenvalue weighted by atomic mass is 10.3. The summed E-state index contributed by atoms with van der Waals surface area (Å²) >= 11 is 0. The maximum absolute atomic E-state index is 10.6. The van der Waals surface area contributed by atoms with Crippen LogP contribution >= 0.6 is 0 Å². The van der Waals surface area contributed by atoms with E-state index in [1.165, 1.54) is 18.2 Å². The van der Waals surface area contributed by atoms with Crippen LogP contribution in [0.15, 0.2) is 27.4 Å². The molecule has 1 heterocycles. The summed E-state index contributed by atoms with van der Waals surface area (Å²) in [6.07, 6.45) is -0.198. The fraction of sp³-hybridized carbons (Fsp3) is 0.300. The van der Waals surface area contributed by atoms with Gasteiger partial charge in [0.2, 0.25) is 5.76 Å². The van der Waals surface area contributed by atoms with Crippen LogP contribution in [0, 0.1) is 0 Å². The molecule has 0 fully saturated rings. The number of aromatic carboxylic acids is 1. The molecule has 0 amide bonds. The first-order chi connectivity index (χ1) is 8.58. The third-order valence-corrected chi connectivity index (χ3v) is 1.87. The van der Waals surface area contributed by atoms with Gasteiger partial charge in [-0.05, 0) is 30.7 Å². The molecule has 8 heteroatoms. The van der Waals surface area contributed by atoms with E-state index in [-0.39, 0.29) is 23.8 Å². The van der Waals surface area contributed by atoms with Gasteiger partial charge >= 0.3 is 5.97 Å². The number of carboxylic acid groups (broad SMARTS) is 1. The fourth-order valence-corrected chi connectivity index (χ4v) is 1.14. The Morgan fingerprint density at radius 3 is 2.94 bits per heavy atom. The Kier molecular flexibility index (Phi) is 4.94. The number of aliphatic hydroxyl groups excluding tert-OH is 1. The Balaban J connectivity index is 2.99. The van der Waals surface area contributed by atoms with E-state index < -0.39 is 12.3 Å². The number of carbonyl (C=O) groups is 1. The number of ether oxygens (including phenoxy) is 1. The SMILES string of the molecule is CCOC(O)/C(=C/c1ccc(C(=O)O)o1)N=[N+]=[N-]. The molecule has 1 atom stereocenters. The molecule has 0 saturated heterocycles. The molecule has 0 bridgehead atoms. The van der Waals surface area contributed by atoms with Crippen molar-refractivity contribution >= 4 is 12.0 Å². The van der Waals surface area contributed by atoms with Gasteiger partial charge in [0.05, 0.1) is 5.70 Å². The van der Waals surface area contributed by atoms with Gasteiger partial charge < -0.3 is 19.4 Å². The fourth-order valence-electron chi connectivity index (χ4n) is 1.14.